The van der Waals surface area contributed by atoms with Gasteiger partial charge in [0.2, 0.25) is 17.7 Å². The Hall–Kier alpha value is -2.39. The van der Waals surface area contributed by atoms with Crippen LogP contribution in [0.2, 0.25) is 5.02 Å². The predicted molar refractivity (Wildman–Crippen MR) is 141 cm³/mol. The number of carbonyl (C=O) groups excluding carboxylic acids is 3. The third-order valence-electron chi connectivity index (χ3n) is 5.82. The van der Waals surface area contributed by atoms with Crippen LogP contribution in [0.4, 0.5) is 0 Å². The topological polar surface area (TPSA) is 69.7 Å². The average molecular weight is 551 g/mol. The molecule has 0 aliphatic carbocycles. The Bertz CT molecular complexity index is 1140. The van der Waals surface area contributed by atoms with Crippen LogP contribution >= 0.6 is 45.9 Å². The number of amides is 3. The lowest BCUT2D eigenvalue weighted by Gasteiger charge is -2.41. The van der Waals surface area contributed by atoms with Gasteiger partial charge in [-0.2, -0.15) is 0 Å². The van der Waals surface area contributed by atoms with Gasteiger partial charge in [0.25, 0.3) is 0 Å². The largest absolute Gasteiger partial charge is 0.351 e. The van der Waals surface area contributed by atoms with Gasteiger partial charge in [0.05, 0.1) is 13.0 Å². The van der Waals surface area contributed by atoms with Gasteiger partial charge in [0.15, 0.2) is 0 Å². The second-order valence-electron chi connectivity index (χ2n) is 8.22. The summed E-state index contributed by atoms with van der Waals surface area (Å²) in [6, 6.07) is 14.1. The first kappa shape index (κ1) is 25.7. The summed E-state index contributed by atoms with van der Waals surface area (Å²) in [4.78, 5) is 44.6. The van der Waals surface area contributed by atoms with Crippen molar-refractivity contribution >= 4 is 63.6 Å². The molecular weight excluding hydrogens is 525 g/mol. The van der Waals surface area contributed by atoms with Crippen molar-refractivity contribution in [1.82, 2.24) is 15.1 Å². The molecule has 6 nitrogen and oxygen atoms in total. The van der Waals surface area contributed by atoms with Crippen molar-refractivity contribution in [3.8, 4) is 0 Å². The zero-order chi connectivity index (χ0) is 24.8. The van der Waals surface area contributed by atoms with Crippen molar-refractivity contribution in [3.05, 3.63) is 79.6 Å². The second kappa shape index (κ2) is 12.0. The molecule has 1 N–H and O–H groups in total. The Labute approximate surface area is 222 Å². The van der Waals surface area contributed by atoms with Gasteiger partial charge in [-0.3, -0.25) is 14.4 Å². The third kappa shape index (κ3) is 6.85. The Morgan fingerprint density at radius 1 is 1.06 bits per heavy atom. The maximum atomic E-state index is 13.5. The van der Waals surface area contributed by atoms with Gasteiger partial charge in [-0.25, -0.2) is 0 Å². The Kier molecular flexibility index (Phi) is 8.83. The smallest absolute Gasteiger partial charge is 0.247 e. The lowest BCUT2D eigenvalue weighted by Crippen LogP contribution is -2.62. The quantitative estimate of drug-likeness (QED) is 0.297. The predicted octanol–water partition coefficient (Wildman–Crippen LogP) is 4.56. The standard InChI is InChI=1S/C25H25Cl2N3O3S2/c26-18-7-5-17(6-8-18)13-22(27)30-16-24(32)29(10-9-19-3-1-11-34-19)21(25(30)33)14-23(31)28-15-20-4-2-12-35-20/h1-8,11-12,21-22H,9-10,13-16H2,(H,28,31). The van der Waals surface area contributed by atoms with Crippen LogP contribution in [0.5, 0.6) is 0 Å². The summed E-state index contributed by atoms with van der Waals surface area (Å²) in [6.07, 6.45) is 0.880. The fourth-order valence-corrected chi connectivity index (χ4v) is 5.80. The van der Waals surface area contributed by atoms with Crippen molar-refractivity contribution < 1.29 is 14.4 Å². The number of benzene rings is 1. The van der Waals surface area contributed by atoms with Crippen LogP contribution in [0.1, 0.15) is 21.7 Å². The average Bonchev–Trinajstić information content (AvgIpc) is 3.55. The van der Waals surface area contributed by atoms with E-state index >= 15 is 0 Å². The summed E-state index contributed by atoms with van der Waals surface area (Å²) in [7, 11) is 0. The van der Waals surface area contributed by atoms with Gasteiger partial charge in [-0.1, -0.05) is 47.5 Å². The molecule has 4 rings (SSSR count). The molecule has 3 aromatic rings. The molecule has 1 aliphatic heterocycles. The van der Waals surface area contributed by atoms with Crippen molar-refractivity contribution in [2.24, 2.45) is 0 Å². The Morgan fingerprint density at radius 2 is 1.74 bits per heavy atom. The number of thiophene rings is 2. The lowest BCUT2D eigenvalue weighted by atomic mass is 10.0. The fourth-order valence-electron chi connectivity index (χ4n) is 3.99. The maximum absolute atomic E-state index is 13.5. The van der Waals surface area contributed by atoms with Gasteiger partial charge >= 0.3 is 0 Å². The number of alkyl halides is 1. The zero-order valence-corrected chi connectivity index (χ0v) is 22.0. The number of hydrogen-bond donors (Lipinski definition) is 1. The van der Waals surface area contributed by atoms with Crippen molar-refractivity contribution in [1.29, 1.82) is 0 Å². The molecule has 3 amide bonds. The highest BCUT2D eigenvalue weighted by Crippen LogP contribution is 2.24. The maximum Gasteiger partial charge on any atom is 0.247 e. The van der Waals surface area contributed by atoms with Crippen molar-refractivity contribution in [2.75, 3.05) is 13.1 Å². The summed E-state index contributed by atoms with van der Waals surface area (Å²) >= 11 is 15.7. The molecule has 1 fully saturated rings. The summed E-state index contributed by atoms with van der Waals surface area (Å²) in [5, 5.41) is 7.39. The molecule has 2 aromatic heterocycles. The minimum absolute atomic E-state index is 0.110. The number of halogens is 2. The first-order chi connectivity index (χ1) is 16.9. The summed E-state index contributed by atoms with van der Waals surface area (Å²) in [6.45, 7) is 0.642. The highest BCUT2D eigenvalue weighted by molar-refractivity contribution is 7.10. The molecule has 1 aromatic carbocycles. The first-order valence-electron chi connectivity index (χ1n) is 11.2. The summed E-state index contributed by atoms with van der Waals surface area (Å²) in [5.74, 6) is -0.800. The van der Waals surface area contributed by atoms with E-state index in [1.165, 1.54) is 9.80 Å². The van der Waals surface area contributed by atoms with E-state index in [1.54, 1.807) is 34.8 Å². The second-order valence-corrected chi connectivity index (χ2v) is 11.2. The Balaban J connectivity index is 1.47. The van der Waals surface area contributed by atoms with Crippen LogP contribution in [-0.4, -0.2) is 52.2 Å². The third-order valence-corrected chi connectivity index (χ3v) is 8.28. The lowest BCUT2D eigenvalue weighted by molar-refractivity contribution is -0.158. The van der Waals surface area contributed by atoms with Crippen molar-refractivity contribution in [3.63, 3.8) is 0 Å². The van der Waals surface area contributed by atoms with Crippen LogP contribution in [-0.2, 0) is 33.8 Å². The Morgan fingerprint density at radius 3 is 2.40 bits per heavy atom. The summed E-state index contributed by atoms with van der Waals surface area (Å²) < 4.78 is 0. The molecule has 1 saturated heterocycles. The SMILES string of the molecule is O=C(CC1C(=O)N(C(Cl)Cc2ccc(Cl)cc2)CC(=O)N1CCc1cccs1)NCc1cccs1. The summed E-state index contributed by atoms with van der Waals surface area (Å²) in [5.41, 5.74) is 0.184. The van der Waals surface area contributed by atoms with Crippen LogP contribution in [0.3, 0.4) is 0 Å². The molecule has 35 heavy (non-hydrogen) atoms. The monoisotopic (exact) mass is 549 g/mol. The van der Waals surface area contributed by atoms with E-state index in [-0.39, 0.29) is 30.7 Å². The number of nitrogens with zero attached hydrogens (tertiary/aromatic N) is 2. The van der Waals surface area contributed by atoms with Gasteiger partial charge < -0.3 is 15.1 Å². The molecule has 2 unspecified atom stereocenters. The molecule has 3 heterocycles. The van der Waals surface area contributed by atoms with E-state index in [0.717, 1.165) is 15.3 Å². The van der Waals surface area contributed by atoms with E-state index in [2.05, 4.69) is 5.32 Å². The van der Waals surface area contributed by atoms with Crippen LogP contribution in [0.15, 0.2) is 59.3 Å². The number of carbonyl (C=O) groups is 3. The van der Waals surface area contributed by atoms with E-state index in [0.29, 0.717) is 31.0 Å². The number of hydrogen-bond acceptors (Lipinski definition) is 5. The minimum atomic E-state index is -0.897. The highest BCUT2D eigenvalue weighted by Gasteiger charge is 2.42. The minimum Gasteiger partial charge on any atom is -0.351 e. The first-order valence-corrected chi connectivity index (χ1v) is 13.8. The molecule has 0 bridgehead atoms. The van der Waals surface area contributed by atoms with Crippen LogP contribution in [0.25, 0.3) is 0 Å². The normalized spacial score (nSPS) is 17.0. The molecule has 0 saturated carbocycles. The van der Waals surface area contributed by atoms with Crippen LogP contribution in [0, 0.1) is 0 Å². The van der Waals surface area contributed by atoms with E-state index in [1.807, 2.05) is 47.2 Å². The van der Waals surface area contributed by atoms with Gasteiger partial charge in [0.1, 0.15) is 18.1 Å². The molecule has 2 atom stereocenters. The van der Waals surface area contributed by atoms with E-state index in [4.69, 9.17) is 23.2 Å². The highest BCUT2D eigenvalue weighted by atomic mass is 35.5. The zero-order valence-electron chi connectivity index (χ0n) is 18.9. The van der Waals surface area contributed by atoms with Gasteiger partial charge in [0, 0.05) is 27.7 Å². The van der Waals surface area contributed by atoms with E-state index < -0.39 is 11.5 Å². The molecular formula is C25H25Cl2N3O3S2. The number of piperazine rings is 1. The molecule has 0 spiro atoms. The fraction of sp³-hybridized carbons (Fsp3) is 0.320. The molecule has 184 valence electrons. The number of rotatable bonds is 10. The van der Waals surface area contributed by atoms with Gasteiger partial charge in [-0.05, 0) is 47.0 Å². The molecule has 10 heteroatoms. The van der Waals surface area contributed by atoms with Gasteiger partial charge in [-0.15, -0.1) is 22.7 Å². The van der Waals surface area contributed by atoms with E-state index in [9.17, 15) is 14.4 Å². The molecule has 0 radical (unpaired) electrons. The van der Waals surface area contributed by atoms with Crippen molar-refractivity contribution in [2.45, 2.75) is 37.4 Å². The van der Waals surface area contributed by atoms with Crippen LogP contribution < -0.4 is 5.32 Å². The molecule has 1 aliphatic rings. The number of nitrogens with one attached hydrogen (secondary N) is 1.